The molecule has 0 saturated carbocycles. The summed E-state index contributed by atoms with van der Waals surface area (Å²) >= 11 is 0. The van der Waals surface area contributed by atoms with E-state index in [9.17, 15) is 35.5 Å². The van der Waals surface area contributed by atoms with Crippen LogP contribution in [0, 0.1) is 0 Å². The van der Waals surface area contributed by atoms with Crippen molar-refractivity contribution in [2.45, 2.75) is 14.7 Å². The van der Waals surface area contributed by atoms with Crippen molar-refractivity contribution in [3.05, 3.63) is 42.5 Å². The van der Waals surface area contributed by atoms with Crippen LogP contribution in [0.25, 0.3) is 0 Å². The summed E-state index contributed by atoms with van der Waals surface area (Å²) in [6.45, 7) is 0. The van der Waals surface area contributed by atoms with E-state index in [0.29, 0.717) is 12.1 Å². The Morgan fingerprint density at radius 2 is 1.20 bits per heavy atom. The van der Waals surface area contributed by atoms with Gasteiger partial charge < -0.3 is 10.2 Å². The number of hydrogen-bond donors (Lipinski definition) is 4. The fraction of sp³-hybridized carbons (Fsp3) is 0. The molecule has 0 aromatic heterocycles. The summed E-state index contributed by atoms with van der Waals surface area (Å²) in [4.78, 5) is -2.79. The van der Waals surface area contributed by atoms with Gasteiger partial charge in [0, 0.05) is 18.2 Å². The van der Waals surface area contributed by atoms with Crippen LogP contribution in [0.5, 0.6) is 11.5 Å². The molecule has 25 heavy (non-hydrogen) atoms. The molecule has 0 unspecified atom stereocenters. The maximum absolute atomic E-state index is 12.3. The highest BCUT2D eigenvalue weighted by Gasteiger charge is 2.30. The molecule has 0 heterocycles. The predicted molar refractivity (Wildman–Crippen MR) is 83.5 cm³/mol. The van der Waals surface area contributed by atoms with Crippen LogP contribution >= 0.6 is 0 Å². The summed E-state index contributed by atoms with van der Waals surface area (Å²) in [7, 11) is -14.7. The fourth-order valence-electron chi connectivity index (χ4n) is 1.85. The minimum absolute atomic E-state index is 0.642. The highest BCUT2D eigenvalue weighted by atomic mass is 32.3. The minimum atomic E-state index is -4.95. The Hall–Kier alpha value is -2.19. The maximum atomic E-state index is 12.3. The molecule has 13 heteroatoms. The number of hydrogen-bond acceptors (Lipinski definition) is 8. The summed E-state index contributed by atoms with van der Waals surface area (Å²) in [5.41, 5.74) is 0. The molecule has 0 bridgehead atoms. The average Bonchev–Trinajstić information content (AvgIpc) is 2.44. The first-order valence-corrected chi connectivity index (χ1v) is 10.6. The predicted octanol–water partition coefficient (Wildman–Crippen LogP) is 0.0117. The van der Waals surface area contributed by atoms with Gasteiger partial charge in [-0.1, -0.05) is 12.1 Å². The minimum Gasteiger partial charge on any atom is -0.508 e. The van der Waals surface area contributed by atoms with Crippen molar-refractivity contribution in [2.75, 3.05) is 0 Å². The van der Waals surface area contributed by atoms with Gasteiger partial charge in [-0.15, -0.1) is 4.13 Å². The van der Waals surface area contributed by atoms with Crippen LogP contribution in [0.4, 0.5) is 0 Å². The second kappa shape index (κ2) is 6.27. The highest BCUT2D eigenvalue weighted by molar-refractivity contribution is 8.05. The molecule has 0 radical (unpaired) electrons. The smallest absolute Gasteiger partial charge is 0.295 e. The van der Waals surface area contributed by atoms with E-state index in [2.05, 4.69) is 0 Å². The molecule has 0 aliphatic heterocycles. The van der Waals surface area contributed by atoms with Gasteiger partial charge in [0.05, 0.1) is 4.90 Å². The molecule has 0 fully saturated rings. The van der Waals surface area contributed by atoms with E-state index >= 15 is 0 Å². The van der Waals surface area contributed by atoms with Crippen molar-refractivity contribution in [3.63, 3.8) is 0 Å². The lowest BCUT2D eigenvalue weighted by molar-refractivity contribution is 0.447. The lowest BCUT2D eigenvalue weighted by atomic mass is 10.3. The second-order valence-corrected chi connectivity index (χ2v) is 9.68. The molecule has 2 rings (SSSR count). The molecule has 0 atom stereocenters. The number of sulfonamides is 2. The standard InChI is InChI=1S/C12H11NO9S3/c14-8-5-9(15)7-10(6-8)23(16,17)13-24(18,19)11-3-1-2-4-12(11)25(20,21)22/h1-7,13-15H,(H,20,21,22). The van der Waals surface area contributed by atoms with Crippen LogP contribution in [-0.2, 0) is 30.2 Å². The Bertz CT molecular complexity index is 1120. The fourth-order valence-corrected chi connectivity index (χ4v) is 6.11. The van der Waals surface area contributed by atoms with Gasteiger partial charge in [-0.2, -0.15) is 8.42 Å². The molecule has 0 amide bonds. The number of aromatic hydroxyl groups is 2. The van der Waals surface area contributed by atoms with Crippen LogP contribution in [0.2, 0.25) is 0 Å². The van der Waals surface area contributed by atoms with Crippen LogP contribution < -0.4 is 4.13 Å². The normalized spacial score (nSPS) is 12.8. The molecule has 0 saturated heterocycles. The first kappa shape index (κ1) is 19.1. The molecule has 10 nitrogen and oxygen atoms in total. The lowest BCUT2D eigenvalue weighted by Crippen LogP contribution is -2.31. The zero-order valence-corrected chi connectivity index (χ0v) is 14.5. The van der Waals surface area contributed by atoms with E-state index in [0.717, 1.165) is 30.3 Å². The van der Waals surface area contributed by atoms with Crippen LogP contribution in [-0.4, -0.2) is 40.0 Å². The Labute approximate surface area is 143 Å². The van der Waals surface area contributed by atoms with Gasteiger partial charge >= 0.3 is 0 Å². The molecule has 0 spiro atoms. The zero-order valence-electron chi connectivity index (χ0n) is 12.1. The Kier molecular flexibility index (Phi) is 4.80. The Morgan fingerprint density at radius 1 is 0.720 bits per heavy atom. The summed E-state index contributed by atoms with van der Waals surface area (Å²) in [5.74, 6) is -1.28. The summed E-state index contributed by atoms with van der Waals surface area (Å²) < 4.78 is 81.8. The molecule has 2 aromatic carbocycles. The van der Waals surface area contributed by atoms with Gasteiger partial charge in [0.1, 0.15) is 21.3 Å². The van der Waals surface area contributed by atoms with Crippen molar-refractivity contribution in [3.8, 4) is 11.5 Å². The summed E-state index contributed by atoms with van der Waals surface area (Å²) in [5, 5.41) is 18.6. The first-order chi connectivity index (χ1) is 11.3. The Balaban J connectivity index is 2.56. The maximum Gasteiger partial charge on any atom is 0.295 e. The molecule has 0 aliphatic rings. The zero-order chi connectivity index (χ0) is 19.0. The lowest BCUT2D eigenvalue weighted by Gasteiger charge is -2.11. The van der Waals surface area contributed by atoms with Crippen molar-refractivity contribution < 1.29 is 40.0 Å². The van der Waals surface area contributed by atoms with Gasteiger partial charge in [-0.3, -0.25) is 4.55 Å². The van der Waals surface area contributed by atoms with Crippen LogP contribution in [0.15, 0.2) is 57.2 Å². The largest absolute Gasteiger partial charge is 0.508 e. The number of benzene rings is 2. The second-order valence-electron chi connectivity index (χ2n) is 4.70. The van der Waals surface area contributed by atoms with Crippen LogP contribution in [0.1, 0.15) is 0 Å². The monoisotopic (exact) mass is 409 g/mol. The molecular formula is C12H11NO9S3. The highest BCUT2D eigenvalue weighted by Crippen LogP contribution is 2.26. The molecule has 136 valence electrons. The van der Waals surface area contributed by atoms with E-state index in [4.69, 9.17) is 4.55 Å². The topological polar surface area (TPSA) is 175 Å². The first-order valence-electron chi connectivity index (χ1n) is 6.21. The van der Waals surface area contributed by atoms with Crippen LogP contribution in [0.3, 0.4) is 0 Å². The van der Waals surface area contributed by atoms with E-state index < -0.39 is 56.4 Å². The molecular weight excluding hydrogens is 398 g/mol. The number of rotatable bonds is 5. The van der Waals surface area contributed by atoms with Gasteiger partial charge in [-0.05, 0) is 12.1 Å². The van der Waals surface area contributed by atoms with Crippen molar-refractivity contribution in [1.82, 2.24) is 4.13 Å². The SMILES string of the molecule is O=S(=O)(O)c1ccccc1S(=O)(=O)NS(=O)(=O)c1cc(O)cc(O)c1. The number of nitrogens with one attached hydrogen (secondary N) is 1. The summed E-state index contributed by atoms with van der Waals surface area (Å²) in [6, 6.07) is 5.97. The van der Waals surface area contributed by atoms with E-state index in [1.807, 2.05) is 0 Å². The van der Waals surface area contributed by atoms with E-state index in [-0.39, 0.29) is 0 Å². The molecule has 0 aliphatic carbocycles. The van der Waals surface area contributed by atoms with E-state index in [1.54, 1.807) is 0 Å². The average molecular weight is 409 g/mol. The number of phenolic OH excluding ortho intramolecular Hbond substituents is 2. The quantitative estimate of drug-likeness (QED) is 0.496. The van der Waals surface area contributed by atoms with Gasteiger partial charge in [0.2, 0.25) is 0 Å². The van der Waals surface area contributed by atoms with Gasteiger partial charge in [0.15, 0.2) is 0 Å². The Morgan fingerprint density at radius 3 is 1.68 bits per heavy atom. The number of phenols is 2. The van der Waals surface area contributed by atoms with Crippen molar-refractivity contribution in [2.24, 2.45) is 0 Å². The third-order valence-electron chi connectivity index (χ3n) is 2.82. The summed E-state index contributed by atoms with van der Waals surface area (Å²) in [6.07, 6.45) is 0. The van der Waals surface area contributed by atoms with E-state index in [1.165, 1.54) is 4.13 Å². The van der Waals surface area contributed by atoms with Gasteiger partial charge in [-0.25, -0.2) is 16.8 Å². The third kappa shape index (κ3) is 4.26. The van der Waals surface area contributed by atoms with Crippen molar-refractivity contribution in [1.29, 1.82) is 0 Å². The van der Waals surface area contributed by atoms with Gasteiger partial charge in [0.25, 0.3) is 30.2 Å². The molecule has 4 N–H and O–H groups in total. The third-order valence-corrected chi connectivity index (χ3v) is 7.41. The molecule has 2 aromatic rings. The van der Waals surface area contributed by atoms with Crippen molar-refractivity contribution >= 4 is 30.2 Å².